The second-order valence-corrected chi connectivity index (χ2v) is 5.92. The molecule has 0 aliphatic rings. The van der Waals surface area contributed by atoms with Crippen LogP contribution in [-0.2, 0) is 6.18 Å². The van der Waals surface area contributed by atoms with Crippen molar-refractivity contribution in [3.63, 3.8) is 0 Å². The smallest absolute Gasteiger partial charge is 0.416 e. The third-order valence-electron chi connectivity index (χ3n) is 4.03. The fourth-order valence-electron chi connectivity index (χ4n) is 2.60. The van der Waals surface area contributed by atoms with E-state index in [4.69, 9.17) is 4.42 Å². The van der Waals surface area contributed by atoms with Crippen molar-refractivity contribution < 1.29 is 22.0 Å². The maximum absolute atomic E-state index is 13.0. The van der Waals surface area contributed by atoms with E-state index in [9.17, 15) is 17.6 Å². The van der Waals surface area contributed by atoms with Crippen molar-refractivity contribution in [2.24, 2.45) is 0 Å². The lowest BCUT2D eigenvalue weighted by molar-refractivity contribution is -0.137. The van der Waals surface area contributed by atoms with E-state index in [1.807, 2.05) is 0 Å². The second-order valence-electron chi connectivity index (χ2n) is 5.92. The lowest BCUT2D eigenvalue weighted by Crippen LogP contribution is -2.04. The van der Waals surface area contributed by atoms with Crippen LogP contribution in [0.3, 0.4) is 0 Å². The molecule has 0 saturated carbocycles. The van der Waals surface area contributed by atoms with E-state index in [0.717, 1.165) is 12.1 Å². The summed E-state index contributed by atoms with van der Waals surface area (Å²) in [6.07, 6.45) is -2.89. The molecule has 2 aromatic carbocycles. The Bertz CT molecular complexity index is 1100. The standard InChI is InChI=1S/C20H11F4N3O/c21-16-7-3-13(4-8-16)18-26-27-19(28-18)14-9-10-25-17(11-14)12-1-5-15(6-2-12)20(22,23)24/h1-11H. The maximum atomic E-state index is 13.0. The molecule has 28 heavy (non-hydrogen) atoms. The van der Waals surface area contributed by atoms with Crippen molar-refractivity contribution in [2.75, 3.05) is 0 Å². The monoisotopic (exact) mass is 385 g/mol. The Morgan fingerprint density at radius 2 is 1.32 bits per heavy atom. The first-order valence-electron chi connectivity index (χ1n) is 8.14. The molecule has 2 heterocycles. The summed E-state index contributed by atoms with van der Waals surface area (Å²) in [7, 11) is 0. The largest absolute Gasteiger partial charge is 0.416 e. The third-order valence-corrected chi connectivity index (χ3v) is 4.03. The molecular formula is C20H11F4N3O. The van der Waals surface area contributed by atoms with Crippen LogP contribution in [-0.4, -0.2) is 15.2 Å². The van der Waals surface area contributed by atoms with Gasteiger partial charge in [-0.3, -0.25) is 4.98 Å². The van der Waals surface area contributed by atoms with Gasteiger partial charge in [-0.2, -0.15) is 13.2 Å². The zero-order chi connectivity index (χ0) is 19.7. The number of benzene rings is 2. The first-order valence-corrected chi connectivity index (χ1v) is 8.14. The zero-order valence-corrected chi connectivity index (χ0v) is 14.1. The molecule has 0 spiro atoms. The number of nitrogens with zero attached hydrogens (tertiary/aromatic N) is 3. The number of alkyl halides is 3. The molecule has 0 atom stereocenters. The Morgan fingerprint density at radius 1 is 0.714 bits per heavy atom. The van der Waals surface area contributed by atoms with Gasteiger partial charge in [0.25, 0.3) is 0 Å². The van der Waals surface area contributed by atoms with E-state index in [2.05, 4.69) is 15.2 Å². The molecule has 0 amide bonds. The number of pyridine rings is 1. The van der Waals surface area contributed by atoms with Gasteiger partial charge >= 0.3 is 6.18 Å². The maximum Gasteiger partial charge on any atom is 0.416 e. The molecule has 0 N–H and O–H groups in total. The Kier molecular flexibility index (Phi) is 4.38. The second kappa shape index (κ2) is 6.88. The molecule has 0 aliphatic carbocycles. The summed E-state index contributed by atoms with van der Waals surface area (Å²) in [6, 6.07) is 13.6. The zero-order valence-electron chi connectivity index (χ0n) is 14.1. The summed E-state index contributed by atoms with van der Waals surface area (Å²) < 4.78 is 56.8. The van der Waals surface area contributed by atoms with Crippen LogP contribution < -0.4 is 0 Å². The third kappa shape index (κ3) is 3.62. The molecule has 0 unspecified atom stereocenters. The van der Waals surface area contributed by atoms with Crippen LogP contribution in [0.1, 0.15) is 5.56 Å². The van der Waals surface area contributed by atoms with Gasteiger partial charge in [-0.25, -0.2) is 4.39 Å². The van der Waals surface area contributed by atoms with Gasteiger partial charge in [-0.15, -0.1) is 10.2 Å². The van der Waals surface area contributed by atoms with Crippen molar-refractivity contribution in [3.8, 4) is 34.2 Å². The van der Waals surface area contributed by atoms with Gasteiger partial charge in [0, 0.05) is 22.9 Å². The summed E-state index contributed by atoms with van der Waals surface area (Å²) >= 11 is 0. The van der Waals surface area contributed by atoms with Crippen molar-refractivity contribution in [1.29, 1.82) is 0 Å². The topological polar surface area (TPSA) is 51.8 Å². The van der Waals surface area contributed by atoms with E-state index in [1.54, 1.807) is 12.1 Å². The molecule has 4 rings (SSSR count). The first kappa shape index (κ1) is 17.8. The van der Waals surface area contributed by atoms with Crippen LogP contribution in [0, 0.1) is 5.82 Å². The molecule has 0 aliphatic heterocycles. The highest BCUT2D eigenvalue weighted by Crippen LogP contribution is 2.31. The van der Waals surface area contributed by atoms with E-state index < -0.39 is 11.7 Å². The lowest BCUT2D eigenvalue weighted by Gasteiger charge is -2.07. The lowest BCUT2D eigenvalue weighted by atomic mass is 10.1. The van der Waals surface area contributed by atoms with Gasteiger partial charge < -0.3 is 4.42 Å². The molecular weight excluding hydrogens is 374 g/mol. The minimum Gasteiger partial charge on any atom is -0.416 e. The highest BCUT2D eigenvalue weighted by atomic mass is 19.4. The number of rotatable bonds is 3. The Labute approximate surface area is 156 Å². The minimum absolute atomic E-state index is 0.217. The van der Waals surface area contributed by atoms with Gasteiger partial charge in [-0.05, 0) is 48.5 Å². The average molecular weight is 385 g/mol. The van der Waals surface area contributed by atoms with Gasteiger partial charge in [0.05, 0.1) is 11.3 Å². The molecule has 4 nitrogen and oxygen atoms in total. The fraction of sp³-hybridized carbons (Fsp3) is 0.0500. The highest BCUT2D eigenvalue weighted by molar-refractivity contribution is 5.67. The van der Waals surface area contributed by atoms with Crippen LogP contribution in [0.2, 0.25) is 0 Å². The molecule has 2 aromatic heterocycles. The molecule has 0 saturated heterocycles. The Morgan fingerprint density at radius 3 is 1.96 bits per heavy atom. The van der Waals surface area contributed by atoms with E-state index >= 15 is 0 Å². The molecule has 0 bridgehead atoms. The molecule has 140 valence electrons. The van der Waals surface area contributed by atoms with Gasteiger partial charge in [-0.1, -0.05) is 12.1 Å². The SMILES string of the molecule is Fc1ccc(-c2nnc(-c3ccnc(-c4ccc(C(F)(F)F)cc4)c3)o2)cc1. The Hall–Kier alpha value is -3.55. The Balaban J connectivity index is 1.63. The van der Waals surface area contributed by atoms with E-state index in [-0.39, 0.29) is 17.6 Å². The van der Waals surface area contributed by atoms with Gasteiger partial charge in [0.1, 0.15) is 5.82 Å². The van der Waals surface area contributed by atoms with Crippen LogP contribution in [0.4, 0.5) is 17.6 Å². The minimum atomic E-state index is -4.39. The van der Waals surface area contributed by atoms with Crippen LogP contribution in [0.15, 0.2) is 71.3 Å². The van der Waals surface area contributed by atoms with E-state index in [1.165, 1.54) is 42.6 Å². The predicted molar refractivity (Wildman–Crippen MR) is 93.4 cm³/mol. The molecule has 4 aromatic rings. The number of halogens is 4. The number of hydrogen-bond donors (Lipinski definition) is 0. The number of hydrogen-bond acceptors (Lipinski definition) is 4. The van der Waals surface area contributed by atoms with Gasteiger partial charge in [0.2, 0.25) is 11.8 Å². The summed E-state index contributed by atoms with van der Waals surface area (Å²) in [5, 5.41) is 7.93. The summed E-state index contributed by atoms with van der Waals surface area (Å²) in [5.41, 5.74) is 1.39. The molecule has 0 fully saturated rings. The van der Waals surface area contributed by atoms with Crippen molar-refractivity contribution in [2.45, 2.75) is 6.18 Å². The fourth-order valence-corrected chi connectivity index (χ4v) is 2.60. The normalized spacial score (nSPS) is 11.6. The predicted octanol–water partition coefficient (Wildman–Crippen LogP) is 5.62. The summed E-state index contributed by atoms with van der Waals surface area (Å²) in [6.45, 7) is 0. The van der Waals surface area contributed by atoms with Crippen LogP contribution >= 0.6 is 0 Å². The van der Waals surface area contributed by atoms with Crippen molar-refractivity contribution in [1.82, 2.24) is 15.2 Å². The number of aromatic nitrogens is 3. The summed E-state index contributed by atoms with van der Waals surface area (Å²) in [5.74, 6) is 0.0663. The van der Waals surface area contributed by atoms with Crippen LogP contribution in [0.5, 0.6) is 0 Å². The van der Waals surface area contributed by atoms with Gasteiger partial charge in [0.15, 0.2) is 0 Å². The van der Waals surface area contributed by atoms with Crippen LogP contribution in [0.25, 0.3) is 34.2 Å². The van der Waals surface area contributed by atoms with Crippen molar-refractivity contribution >= 4 is 0 Å². The van der Waals surface area contributed by atoms with Crippen molar-refractivity contribution in [3.05, 3.63) is 78.2 Å². The quantitative estimate of drug-likeness (QED) is 0.429. The van der Waals surface area contributed by atoms with E-state index in [0.29, 0.717) is 22.4 Å². The first-order chi connectivity index (χ1) is 13.4. The highest BCUT2D eigenvalue weighted by Gasteiger charge is 2.30. The average Bonchev–Trinajstić information content (AvgIpc) is 3.18. The summed E-state index contributed by atoms with van der Waals surface area (Å²) in [4.78, 5) is 4.19. The molecule has 0 radical (unpaired) electrons. The molecule has 8 heteroatoms.